The summed E-state index contributed by atoms with van der Waals surface area (Å²) in [5.74, 6) is 0.667. The number of halogens is 1. The molecule has 0 unspecified atom stereocenters. The molecule has 170 valence electrons. The number of ether oxygens (including phenoxy) is 2. The Hall–Kier alpha value is -3.87. The molecule has 3 aromatic carbocycles. The van der Waals surface area contributed by atoms with Crippen molar-refractivity contribution < 1.29 is 23.5 Å². The quantitative estimate of drug-likeness (QED) is 0.486. The predicted octanol–water partition coefficient (Wildman–Crippen LogP) is 4.44. The van der Waals surface area contributed by atoms with Crippen LogP contribution in [0.1, 0.15) is 17.5 Å². The van der Waals surface area contributed by atoms with Gasteiger partial charge in [-0.1, -0.05) is 53.7 Å². The van der Waals surface area contributed by atoms with Crippen LogP contribution in [0.2, 0.25) is 0 Å². The third-order valence-corrected chi connectivity index (χ3v) is 5.35. The molecular formula is C26H25FN2O4. The van der Waals surface area contributed by atoms with Crippen molar-refractivity contribution in [2.45, 2.75) is 19.1 Å². The first-order chi connectivity index (χ1) is 16.1. The molecule has 0 radical (unpaired) electrons. The number of carbonyl (C=O) groups is 1. The lowest BCUT2D eigenvalue weighted by Gasteiger charge is -2.25. The SMILES string of the molecule is COc1ccccc1C1=NO[C@H](CN(Cc2ccccc2F)C(=O)COc2ccccc2)C1. The summed E-state index contributed by atoms with van der Waals surface area (Å²) in [6.07, 6.45) is 0.137. The normalized spacial score (nSPS) is 14.8. The van der Waals surface area contributed by atoms with Gasteiger partial charge >= 0.3 is 0 Å². The highest BCUT2D eigenvalue weighted by molar-refractivity contribution is 6.03. The van der Waals surface area contributed by atoms with Crippen LogP contribution in [-0.2, 0) is 16.2 Å². The number of para-hydroxylation sites is 2. The van der Waals surface area contributed by atoms with Crippen molar-refractivity contribution in [2.24, 2.45) is 5.16 Å². The van der Waals surface area contributed by atoms with Crippen LogP contribution < -0.4 is 9.47 Å². The minimum absolute atomic E-state index is 0.105. The first-order valence-corrected chi connectivity index (χ1v) is 10.7. The minimum atomic E-state index is -0.364. The van der Waals surface area contributed by atoms with Crippen molar-refractivity contribution in [3.8, 4) is 11.5 Å². The van der Waals surface area contributed by atoms with E-state index in [1.807, 2.05) is 42.5 Å². The fraction of sp³-hybridized carbons (Fsp3) is 0.231. The molecule has 0 saturated heterocycles. The van der Waals surface area contributed by atoms with E-state index < -0.39 is 0 Å². The number of hydrogen-bond donors (Lipinski definition) is 0. The lowest BCUT2D eigenvalue weighted by atomic mass is 10.0. The Morgan fingerprint density at radius 3 is 2.58 bits per heavy atom. The van der Waals surface area contributed by atoms with Crippen molar-refractivity contribution in [1.82, 2.24) is 4.90 Å². The zero-order valence-electron chi connectivity index (χ0n) is 18.3. The highest BCUT2D eigenvalue weighted by Gasteiger charge is 2.28. The summed E-state index contributed by atoms with van der Waals surface area (Å²) in [6, 6.07) is 23.1. The first kappa shape index (κ1) is 22.3. The number of carbonyl (C=O) groups excluding carboxylic acids is 1. The molecule has 1 aliphatic rings. The molecule has 1 aliphatic heterocycles. The Balaban J connectivity index is 1.45. The van der Waals surface area contributed by atoms with Crippen LogP contribution in [0.25, 0.3) is 0 Å². The van der Waals surface area contributed by atoms with Crippen molar-refractivity contribution in [1.29, 1.82) is 0 Å². The molecule has 0 fully saturated rings. The van der Waals surface area contributed by atoms with E-state index in [0.717, 1.165) is 11.3 Å². The van der Waals surface area contributed by atoms with E-state index in [4.69, 9.17) is 14.3 Å². The highest BCUT2D eigenvalue weighted by Crippen LogP contribution is 2.25. The van der Waals surface area contributed by atoms with E-state index in [9.17, 15) is 9.18 Å². The molecule has 0 aromatic heterocycles. The molecule has 0 spiro atoms. The molecule has 1 amide bonds. The molecule has 0 bridgehead atoms. The number of amides is 1. The molecule has 0 aliphatic carbocycles. The van der Waals surface area contributed by atoms with Crippen LogP contribution in [0.15, 0.2) is 84.0 Å². The summed E-state index contributed by atoms with van der Waals surface area (Å²) in [7, 11) is 1.61. The number of benzene rings is 3. The largest absolute Gasteiger partial charge is 0.496 e. The zero-order chi connectivity index (χ0) is 23.0. The Kier molecular flexibility index (Phi) is 7.19. The van der Waals surface area contributed by atoms with Crippen LogP contribution in [0.5, 0.6) is 11.5 Å². The van der Waals surface area contributed by atoms with Crippen molar-refractivity contribution in [3.05, 3.63) is 95.8 Å². The summed E-state index contributed by atoms with van der Waals surface area (Å²) < 4.78 is 25.4. The lowest BCUT2D eigenvalue weighted by molar-refractivity contribution is -0.135. The molecule has 1 heterocycles. The van der Waals surface area contributed by atoms with E-state index in [0.29, 0.717) is 23.5 Å². The van der Waals surface area contributed by atoms with E-state index in [-0.39, 0.29) is 37.5 Å². The van der Waals surface area contributed by atoms with Gasteiger partial charge in [-0.2, -0.15) is 0 Å². The molecule has 7 heteroatoms. The maximum Gasteiger partial charge on any atom is 0.260 e. The van der Waals surface area contributed by atoms with Gasteiger partial charge in [-0.25, -0.2) is 4.39 Å². The average molecular weight is 448 g/mol. The van der Waals surface area contributed by atoms with Gasteiger partial charge in [0.2, 0.25) is 0 Å². The summed E-state index contributed by atoms with van der Waals surface area (Å²) >= 11 is 0. The monoisotopic (exact) mass is 448 g/mol. The first-order valence-electron chi connectivity index (χ1n) is 10.7. The van der Waals surface area contributed by atoms with Crippen LogP contribution >= 0.6 is 0 Å². The number of hydrogen-bond acceptors (Lipinski definition) is 5. The van der Waals surface area contributed by atoms with Gasteiger partial charge in [0.1, 0.15) is 17.3 Å². The van der Waals surface area contributed by atoms with E-state index in [2.05, 4.69) is 5.16 Å². The molecule has 0 N–H and O–H groups in total. The summed E-state index contributed by atoms with van der Waals surface area (Å²) in [6.45, 7) is 0.187. The standard InChI is InChI=1S/C26H25FN2O4/c1-31-25-14-8-6-12-22(25)24-15-21(33-28-24)17-29(16-19-9-5-7-13-23(19)27)26(30)18-32-20-10-3-2-4-11-20/h2-14,21H,15-18H2,1H3/t21-/m0/s1. The molecule has 6 nitrogen and oxygen atoms in total. The van der Waals surface area contributed by atoms with Gasteiger partial charge in [-0.15, -0.1) is 0 Å². The maximum absolute atomic E-state index is 14.3. The second kappa shape index (κ2) is 10.6. The van der Waals surface area contributed by atoms with Crippen LogP contribution in [0, 0.1) is 5.82 Å². The molecular weight excluding hydrogens is 423 g/mol. The average Bonchev–Trinajstić information content (AvgIpc) is 3.32. The summed E-state index contributed by atoms with van der Waals surface area (Å²) in [5, 5.41) is 4.22. The van der Waals surface area contributed by atoms with Gasteiger partial charge in [-0.3, -0.25) is 4.79 Å². The van der Waals surface area contributed by atoms with Crippen LogP contribution in [0.3, 0.4) is 0 Å². The number of nitrogens with zero attached hydrogens (tertiary/aromatic N) is 2. The molecule has 4 rings (SSSR count). The van der Waals surface area contributed by atoms with Gasteiger partial charge < -0.3 is 19.2 Å². The van der Waals surface area contributed by atoms with E-state index >= 15 is 0 Å². The van der Waals surface area contributed by atoms with Crippen molar-refractivity contribution in [3.63, 3.8) is 0 Å². The number of methoxy groups -OCH3 is 1. The zero-order valence-corrected chi connectivity index (χ0v) is 18.3. The molecule has 33 heavy (non-hydrogen) atoms. The third-order valence-electron chi connectivity index (χ3n) is 5.35. The molecule has 3 aromatic rings. The van der Waals surface area contributed by atoms with E-state index in [1.54, 1.807) is 42.3 Å². The second-order valence-electron chi connectivity index (χ2n) is 7.64. The Bertz CT molecular complexity index is 1120. The van der Waals surface area contributed by atoms with Gasteiger partial charge in [0.15, 0.2) is 12.7 Å². The highest BCUT2D eigenvalue weighted by atomic mass is 19.1. The third kappa shape index (κ3) is 5.68. The Labute approximate surface area is 192 Å². The Morgan fingerprint density at radius 1 is 1.06 bits per heavy atom. The van der Waals surface area contributed by atoms with Crippen molar-refractivity contribution in [2.75, 3.05) is 20.3 Å². The smallest absolute Gasteiger partial charge is 0.260 e. The fourth-order valence-electron chi connectivity index (χ4n) is 3.65. The van der Waals surface area contributed by atoms with Gasteiger partial charge in [0.05, 0.1) is 19.4 Å². The summed E-state index contributed by atoms with van der Waals surface area (Å²) in [4.78, 5) is 20.2. The maximum atomic E-state index is 14.3. The number of rotatable bonds is 9. The molecule has 1 atom stereocenters. The lowest BCUT2D eigenvalue weighted by Crippen LogP contribution is -2.40. The predicted molar refractivity (Wildman–Crippen MR) is 123 cm³/mol. The van der Waals surface area contributed by atoms with Crippen LogP contribution in [0.4, 0.5) is 4.39 Å². The minimum Gasteiger partial charge on any atom is -0.496 e. The number of oxime groups is 1. The second-order valence-corrected chi connectivity index (χ2v) is 7.64. The topological polar surface area (TPSA) is 60.4 Å². The van der Waals surface area contributed by atoms with Crippen LogP contribution in [-0.4, -0.2) is 42.9 Å². The fourth-order valence-corrected chi connectivity index (χ4v) is 3.65. The van der Waals surface area contributed by atoms with Gasteiger partial charge in [-0.05, 0) is 30.3 Å². The van der Waals surface area contributed by atoms with Gasteiger partial charge in [0, 0.05) is 24.1 Å². The van der Waals surface area contributed by atoms with E-state index in [1.165, 1.54) is 6.07 Å². The molecule has 0 saturated carbocycles. The summed E-state index contributed by atoms with van der Waals surface area (Å²) in [5.41, 5.74) is 2.02. The van der Waals surface area contributed by atoms with Crippen molar-refractivity contribution >= 4 is 11.6 Å². The Morgan fingerprint density at radius 2 is 1.79 bits per heavy atom. The van der Waals surface area contributed by atoms with Gasteiger partial charge in [0.25, 0.3) is 5.91 Å².